The van der Waals surface area contributed by atoms with Crippen molar-refractivity contribution in [1.29, 1.82) is 0 Å². The van der Waals surface area contributed by atoms with Crippen LogP contribution in [-0.4, -0.2) is 76.0 Å². The summed E-state index contributed by atoms with van der Waals surface area (Å²) in [7, 11) is -3.86. The van der Waals surface area contributed by atoms with Gasteiger partial charge in [-0.25, -0.2) is 48.0 Å². The maximum Gasteiger partial charge on any atom is 0.264 e. The number of aromatic nitrogens is 10. The van der Waals surface area contributed by atoms with Crippen LogP contribution >= 0.6 is 35.3 Å². The van der Waals surface area contributed by atoms with E-state index in [1.807, 2.05) is 116 Å². The first-order valence-electron chi connectivity index (χ1n) is 28.7. The lowest BCUT2D eigenvalue weighted by Crippen LogP contribution is -2.16. The van der Waals surface area contributed by atoms with Gasteiger partial charge in [-0.3, -0.25) is 29.3 Å². The molecule has 11 aromatic rings. The molecule has 1 aliphatic carbocycles. The quantitative estimate of drug-likeness (QED) is 0.0548. The van der Waals surface area contributed by atoms with E-state index in [1.165, 1.54) is 66.2 Å². The normalized spacial score (nSPS) is 11.5. The van der Waals surface area contributed by atoms with Crippen LogP contribution in [0.25, 0.3) is 11.3 Å². The molecule has 0 atom stereocenters. The first kappa shape index (κ1) is 63.9. The van der Waals surface area contributed by atoms with Gasteiger partial charge < -0.3 is 16.0 Å². The summed E-state index contributed by atoms with van der Waals surface area (Å²) in [6.07, 6.45) is 22.9. The molecule has 6 aromatic carbocycles. The Kier molecular flexibility index (Phi) is 22.4. The van der Waals surface area contributed by atoms with E-state index in [9.17, 15) is 22.8 Å². The van der Waals surface area contributed by atoms with Crippen molar-refractivity contribution in [2.75, 3.05) is 20.7 Å². The first-order valence-corrected chi connectivity index (χ1v) is 33.1. The second-order valence-corrected chi connectivity index (χ2v) is 25.0. The summed E-state index contributed by atoms with van der Waals surface area (Å²) in [6, 6.07) is 45.9. The maximum atomic E-state index is 12.8. The van der Waals surface area contributed by atoms with Gasteiger partial charge in [0.2, 0.25) is 5.95 Å². The second-order valence-electron chi connectivity index (χ2n) is 20.3. The molecular weight excluding hydrogens is 1220 g/mol. The molecule has 0 unspecified atom stereocenters. The van der Waals surface area contributed by atoms with Crippen molar-refractivity contribution in [3.8, 4) is 11.3 Å². The number of aryl methyl sites for hydroxylation is 3. The summed E-state index contributed by atoms with van der Waals surface area (Å²) in [6.45, 7) is 3.59. The topological polar surface area (TPSA) is 262 Å². The largest absolute Gasteiger partial charge is 0.322 e. The predicted octanol–water partition coefficient (Wildman–Crippen LogP) is 13.6. The second kappa shape index (κ2) is 31.9. The molecule has 0 saturated heterocycles. The van der Waals surface area contributed by atoms with E-state index >= 15 is 0 Å². The fourth-order valence-electron chi connectivity index (χ4n) is 9.23. The van der Waals surface area contributed by atoms with Crippen LogP contribution in [0.1, 0.15) is 83.3 Å². The van der Waals surface area contributed by atoms with Crippen LogP contribution < -0.4 is 20.7 Å². The highest BCUT2D eigenvalue weighted by molar-refractivity contribution is 7.99. The summed E-state index contributed by atoms with van der Waals surface area (Å²) in [4.78, 5) is 79.8. The van der Waals surface area contributed by atoms with Crippen molar-refractivity contribution in [1.82, 2.24) is 49.8 Å². The molecule has 1 aliphatic rings. The molecule has 3 amide bonds. The summed E-state index contributed by atoms with van der Waals surface area (Å²) in [5, 5.41) is 11.4. The Balaban J connectivity index is 0.000000151. The van der Waals surface area contributed by atoms with Crippen LogP contribution in [0.3, 0.4) is 0 Å². The van der Waals surface area contributed by atoms with E-state index in [4.69, 9.17) is 0 Å². The molecule has 0 bridgehead atoms. The van der Waals surface area contributed by atoms with Crippen LogP contribution in [0, 0.1) is 13.8 Å². The molecule has 0 fully saturated rings. The lowest BCUT2D eigenvalue weighted by atomic mass is 9.90. The standard InChI is InChI=1S/C23H20N6O3S2.C23H19N5OS.C22H21N3OS/c1-16-9-10-26-23(27-16)29-34(31,32)20-7-5-19(6-8-20)28-22(30)18-4-2-3-17(13-18)15-33-21-14-24-11-12-25-21;1-16-25-9-8-21(27-16)18-5-3-7-20(13-18)28-23(29)19-6-2-4-17(12-19)15-30-22-14-24-10-11-26-22;26-22(25-20-10-4-7-17-6-1-2-9-19(17)20)18-8-3-5-16(13-18)15-27-21-14-23-11-12-24-21/h2-14H,15H2,1H3,(H,28,30)(H,26,27,29);2-14H,15H2,1H3,(H,28,29);3-5,7-8,10-14H,1-2,6,9,15H2,(H,25,26). The van der Waals surface area contributed by atoms with Gasteiger partial charge in [-0.05, 0) is 158 Å². The van der Waals surface area contributed by atoms with Crippen LogP contribution in [0.15, 0.2) is 240 Å². The van der Waals surface area contributed by atoms with Crippen molar-refractivity contribution < 1.29 is 22.8 Å². The molecule has 91 heavy (non-hydrogen) atoms. The number of sulfonamides is 1. The average Bonchev–Trinajstić information content (AvgIpc) is 1.77. The summed E-state index contributed by atoms with van der Waals surface area (Å²) >= 11 is 4.72. The number of thioether (sulfide) groups is 3. The number of benzene rings is 6. The van der Waals surface area contributed by atoms with Crippen molar-refractivity contribution in [3.05, 3.63) is 276 Å². The van der Waals surface area contributed by atoms with Crippen LogP contribution in [-0.2, 0) is 40.1 Å². The van der Waals surface area contributed by atoms with Gasteiger partial charge in [-0.2, -0.15) is 0 Å². The highest BCUT2D eigenvalue weighted by Crippen LogP contribution is 2.30. The SMILES string of the molecule is Cc1ccnc(NS(=O)(=O)c2ccc(NC(=O)c3cccc(CSc4cnccn4)c3)cc2)n1.Cc1nccc(-c2cccc(NC(=O)c3cccc(CSc4cnccn4)c3)c2)n1.O=C(Nc1cccc2c1CCCC2)c1cccc(CSc2cnccn2)c1. The highest BCUT2D eigenvalue weighted by atomic mass is 32.2. The first-order chi connectivity index (χ1) is 44.3. The van der Waals surface area contributed by atoms with Gasteiger partial charge in [0.25, 0.3) is 27.7 Å². The monoisotopic (exact) mass is 1280 g/mol. The number of fused-ring (bicyclic) bond motifs is 1. The van der Waals surface area contributed by atoms with Gasteiger partial charge in [0.15, 0.2) is 0 Å². The minimum atomic E-state index is -3.86. The van der Waals surface area contributed by atoms with Crippen molar-refractivity contribution in [2.24, 2.45) is 0 Å². The van der Waals surface area contributed by atoms with E-state index in [1.54, 1.807) is 105 Å². The molecule has 0 radical (unpaired) electrons. The number of nitrogens with zero attached hydrogens (tertiary/aromatic N) is 10. The van der Waals surface area contributed by atoms with Gasteiger partial charge >= 0.3 is 0 Å². The van der Waals surface area contributed by atoms with Gasteiger partial charge in [-0.1, -0.05) is 60.7 Å². The number of amides is 3. The number of anilines is 4. The van der Waals surface area contributed by atoms with E-state index in [0.29, 0.717) is 51.1 Å². The highest BCUT2D eigenvalue weighted by Gasteiger charge is 2.19. The number of nitrogens with one attached hydrogen (secondary N) is 4. The van der Waals surface area contributed by atoms with E-state index in [2.05, 4.69) is 76.6 Å². The fourth-order valence-corrected chi connectivity index (χ4v) is 12.5. The van der Waals surface area contributed by atoms with Gasteiger partial charge in [0.1, 0.15) is 20.9 Å². The smallest absolute Gasteiger partial charge is 0.264 e. The number of carbonyl (C=O) groups is 3. The molecule has 456 valence electrons. The van der Waals surface area contributed by atoms with E-state index < -0.39 is 10.0 Å². The number of rotatable bonds is 19. The van der Waals surface area contributed by atoms with Gasteiger partial charge in [0, 0.05) is 112 Å². The Bertz CT molecular complexity index is 4390. The van der Waals surface area contributed by atoms with Crippen LogP contribution in [0.2, 0.25) is 0 Å². The van der Waals surface area contributed by atoms with Crippen molar-refractivity contribution in [2.45, 2.75) is 76.8 Å². The molecule has 5 heterocycles. The number of hydrogen-bond donors (Lipinski definition) is 4. The molecule has 0 aliphatic heterocycles. The summed E-state index contributed by atoms with van der Waals surface area (Å²) < 4.78 is 27.5. The Morgan fingerprint density at radius 3 is 1.53 bits per heavy atom. The maximum absolute atomic E-state index is 12.8. The molecule has 5 aromatic heterocycles. The number of hydrogen-bond acceptors (Lipinski definition) is 18. The lowest BCUT2D eigenvalue weighted by Gasteiger charge is -2.19. The van der Waals surface area contributed by atoms with Crippen LogP contribution in [0.4, 0.5) is 23.0 Å². The molecule has 23 heteroatoms. The van der Waals surface area contributed by atoms with Gasteiger partial charge in [-0.15, -0.1) is 35.3 Å². The molecular formula is C68H60N14O5S4. The molecule has 19 nitrogen and oxygen atoms in total. The lowest BCUT2D eigenvalue weighted by molar-refractivity contribution is 0.101. The van der Waals surface area contributed by atoms with E-state index in [0.717, 1.165) is 67.3 Å². The minimum absolute atomic E-state index is 0.00488. The predicted molar refractivity (Wildman–Crippen MR) is 357 cm³/mol. The average molecular weight is 1280 g/mol. The van der Waals surface area contributed by atoms with Crippen LogP contribution in [0.5, 0.6) is 0 Å². The Labute approximate surface area is 539 Å². The summed E-state index contributed by atoms with van der Waals surface area (Å²) in [5.74, 6) is 2.30. The molecule has 0 spiro atoms. The Morgan fingerprint density at radius 2 is 0.989 bits per heavy atom. The zero-order valence-corrected chi connectivity index (χ0v) is 52.6. The third-order valence-corrected chi connectivity index (χ3v) is 17.9. The molecule has 4 N–H and O–H groups in total. The zero-order valence-electron chi connectivity index (χ0n) is 49.4. The van der Waals surface area contributed by atoms with E-state index in [-0.39, 0.29) is 28.6 Å². The Morgan fingerprint density at radius 1 is 0.473 bits per heavy atom. The minimum Gasteiger partial charge on any atom is -0.322 e. The third kappa shape index (κ3) is 19.2. The fraction of sp³-hybridized carbons (Fsp3) is 0.132. The van der Waals surface area contributed by atoms with Gasteiger partial charge in [0.05, 0.1) is 29.2 Å². The Hall–Kier alpha value is -10.1. The van der Waals surface area contributed by atoms with Crippen molar-refractivity contribution in [3.63, 3.8) is 0 Å². The third-order valence-electron chi connectivity index (χ3n) is 13.6. The molecule has 0 saturated carbocycles. The van der Waals surface area contributed by atoms with Crippen molar-refractivity contribution >= 4 is 86.0 Å². The molecule has 12 rings (SSSR count). The number of carbonyl (C=O) groups excluding carboxylic acids is 3. The summed E-state index contributed by atoms with van der Waals surface area (Å²) in [5.41, 5.74) is 12.1. The zero-order chi connectivity index (χ0) is 63.2.